The third-order valence-electron chi connectivity index (χ3n) is 3.02. The van der Waals surface area contributed by atoms with Crippen LogP contribution in [0, 0.1) is 13.8 Å². The fourth-order valence-corrected chi connectivity index (χ4v) is 1.92. The van der Waals surface area contributed by atoms with Crippen LogP contribution < -0.4 is 15.6 Å². The summed E-state index contributed by atoms with van der Waals surface area (Å²) in [7, 11) is 0. The maximum absolute atomic E-state index is 11.7. The fourth-order valence-electron chi connectivity index (χ4n) is 1.92. The van der Waals surface area contributed by atoms with Crippen LogP contribution in [0.2, 0.25) is 0 Å². The van der Waals surface area contributed by atoms with Gasteiger partial charge in [-0.3, -0.25) is 20.4 Å². The van der Waals surface area contributed by atoms with Crippen LogP contribution in [0.5, 0.6) is 5.75 Å². The molecule has 23 heavy (non-hydrogen) atoms. The van der Waals surface area contributed by atoms with Crippen molar-refractivity contribution >= 4 is 17.9 Å². The van der Waals surface area contributed by atoms with Crippen LogP contribution in [-0.4, -0.2) is 18.4 Å². The zero-order valence-corrected chi connectivity index (χ0v) is 13.0. The van der Waals surface area contributed by atoms with Crippen molar-refractivity contribution in [3.63, 3.8) is 0 Å². The Labute approximate surface area is 134 Å². The van der Waals surface area contributed by atoms with Crippen molar-refractivity contribution in [2.45, 2.75) is 13.8 Å². The van der Waals surface area contributed by atoms with Gasteiger partial charge in [0.2, 0.25) is 0 Å². The van der Waals surface area contributed by atoms with Gasteiger partial charge < -0.3 is 9.15 Å². The van der Waals surface area contributed by atoms with Crippen LogP contribution in [-0.2, 0) is 9.59 Å². The number of hydrogen-bond acceptors (Lipinski definition) is 4. The molecular formula is C17H18N2O4. The van der Waals surface area contributed by atoms with Crippen molar-refractivity contribution in [3.05, 3.63) is 59.6 Å². The standard InChI is InChI=1S/C17H18N2O4/c1-12-5-3-6-13(2)17(12)23-11-16(21)19-18-15(20)9-8-14-7-4-10-22-14/h3-10H,11H2,1-2H3,(H,18,20)(H,19,21). The normalized spacial score (nSPS) is 10.5. The molecule has 0 aliphatic rings. The lowest BCUT2D eigenvalue weighted by molar-refractivity contribution is -0.128. The number of hydrazine groups is 1. The van der Waals surface area contributed by atoms with E-state index < -0.39 is 11.8 Å². The monoisotopic (exact) mass is 314 g/mol. The van der Waals surface area contributed by atoms with Crippen molar-refractivity contribution in [1.82, 2.24) is 10.9 Å². The largest absolute Gasteiger partial charge is 0.483 e. The predicted octanol–water partition coefficient (Wildman–Crippen LogP) is 2.14. The van der Waals surface area contributed by atoms with Crippen molar-refractivity contribution in [1.29, 1.82) is 0 Å². The SMILES string of the molecule is Cc1cccc(C)c1OCC(=O)NNC(=O)C=Cc1ccco1. The molecule has 0 aliphatic heterocycles. The molecule has 0 saturated heterocycles. The van der Waals surface area contributed by atoms with Crippen molar-refractivity contribution in [3.8, 4) is 5.75 Å². The van der Waals surface area contributed by atoms with Crippen LogP contribution in [0.4, 0.5) is 0 Å². The van der Waals surface area contributed by atoms with Gasteiger partial charge in [0.05, 0.1) is 6.26 Å². The summed E-state index contributed by atoms with van der Waals surface area (Å²) < 4.78 is 10.5. The van der Waals surface area contributed by atoms with E-state index in [0.29, 0.717) is 11.5 Å². The molecule has 6 heteroatoms. The first kappa shape index (κ1) is 16.4. The average Bonchev–Trinajstić information content (AvgIpc) is 3.04. The summed E-state index contributed by atoms with van der Waals surface area (Å²) in [5.41, 5.74) is 6.43. The summed E-state index contributed by atoms with van der Waals surface area (Å²) in [6.07, 6.45) is 4.25. The lowest BCUT2D eigenvalue weighted by Gasteiger charge is -2.11. The van der Waals surface area contributed by atoms with Gasteiger partial charge in [-0.1, -0.05) is 18.2 Å². The van der Waals surface area contributed by atoms with E-state index in [0.717, 1.165) is 11.1 Å². The average molecular weight is 314 g/mol. The summed E-state index contributed by atoms with van der Waals surface area (Å²) in [6, 6.07) is 9.15. The van der Waals surface area contributed by atoms with Gasteiger partial charge in [0.1, 0.15) is 11.5 Å². The van der Waals surface area contributed by atoms with Gasteiger partial charge in [-0.05, 0) is 43.2 Å². The number of nitrogens with one attached hydrogen (secondary N) is 2. The van der Waals surface area contributed by atoms with E-state index in [2.05, 4.69) is 10.9 Å². The first-order chi connectivity index (χ1) is 11.1. The molecule has 0 atom stereocenters. The Morgan fingerprint density at radius 1 is 1.13 bits per heavy atom. The van der Waals surface area contributed by atoms with Gasteiger partial charge in [0.15, 0.2) is 6.61 Å². The number of benzene rings is 1. The van der Waals surface area contributed by atoms with E-state index in [1.54, 1.807) is 12.1 Å². The second kappa shape index (κ2) is 7.84. The highest BCUT2D eigenvalue weighted by Crippen LogP contribution is 2.21. The minimum absolute atomic E-state index is 0.187. The number of furan rings is 1. The first-order valence-electron chi connectivity index (χ1n) is 7.05. The quantitative estimate of drug-likeness (QED) is 0.654. The molecule has 0 bridgehead atoms. The molecule has 1 aromatic heterocycles. The number of ether oxygens (including phenoxy) is 1. The maximum atomic E-state index is 11.7. The van der Waals surface area contributed by atoms with E-state index in [9.17, 15) is 9.59 Å². The molecule has 0 radical (unpaired) electrons. The molecule has 0 aliphatic carbocycles. The summed E-state index contributed by atoms with van der Waals surface area (Å²) in [4.78, 5) is 23.2. The summed E-state index contributed by atoms with van der Waals surface area (Å²) in [5, 5.41) is 0. The van der Waals surface area contributed by atoms with Crippen LogP contribution in [0.15, 0.2) is 47.1 Å². The first-order valence-corrected chi connectivity index (χ1v) is 7.05. The summed E-state index contributed by atoms with van der Waals surface area (Å²) in [5.74, 6) is 0.297. The number of amides is 2. The third-order valence-corrected chi connectivity index (χ3v) is 3.02. The highest BCUT2D eigenvalue weighted by atomic mass is 16.5. The number of carbonyl (C=O) groups excluding carboxylic acids is 2. The van der Waals surface area contributed by atoms with Crippen LogP contribution in [0.3, 0.4) is 0 Å². The van der Waals surface area contributed by atoms with Gasteiger partial charge in [-0.2, -0.15) is 0 Å². The molecule has 2 N–H and O–H groups in total. The lowest BCUT2D eigenvalue weighted by Crippen LogP contribution is -2.43. The zero-order chi connectivity index (χ0) is 16.7. The second-order valence-electron chi connectivity index (χ2n) is 4.90. The predicted molar refractivity (Wildman–Crippen MR) is 85.4 cm³/mol. The van der Waals surface area contributed by atoms with Gasteiger partial charge in [-0.15, -0.1) is 0 Å². The van der Waals surface area contributed by atoms with Gasteiger partial charge in [0.25, 0.3) is 11.8 Å². The number of rotatable bonds is 5. The van der Waals surface area contributed by atoms with E-state index in [1.165, 1.54) is 18.4 Å². The number of para-hydroxylation sites is 1. The zero-order valence-electron chi connectivity index (χ0n) is 13.0. The molecule has 0 fully saturated rings. The van der Waals surface area contributed by atoms with Gasteiger partial charge in [-0.25, -0.2) is 0 Å². The fraction of sp³-hybridized carbons (Fsp3) is 0.176. The van der Waals surface area contributed by atoms with Gasteiger partial charge in [0, 0.05) is 6.08 Å². The van der Waals surface area contributed by atoms with E-state index in [4.69, 9.17) is 9.15 Å². The van der Waals surface area contributed by atoms with Crippen LogP contribution in [0.1, 0.15) is 16.9 Å². The van der Waals surface area contributed by atoms with Crippen molar-refractivity contribution in [2.75, 3.05) is 6.61 Å². The van der Waals surface area contributed by atoms with Crippen LogP contribution in [0.25, 0.3) is 6.08 Å². The molecule has 1 heterocycles. The molecule has 2 amide bonds. The third kappa shape index (κ3) is 5.03. The molecule has 120 valence electrons. The highest BCUT2D eigenvalue weighted by molar-refractivity contribution is 5.92. The van der Waals surface area contributed by atoms with Crippen molar-refractivity contribution < 1.29 is 18.7 Å². The number of carbonyl (C=O) groups is 2. The molecule has 1 aromatic carbocycles. The Bertz CT molecular complexity index is 685. The molecule has 2 aromatic rings. The molecule has 6 nitrogen and oxygen atoms in total. The van der Waals surface area contributed by atoms with Crippen LogP contribution >= 0.6 is 0 Å². The summed E-state index contributed by atoms with van der Waals surface area (Å²) >= 11 is 0. The Morgan fingerprint density at radius 2 is 1.87 bits per heavy atom. The molecule has 0 spiro atoms. The topological polar surface area (TPSA) is 80.6 Å². The lowest BCUT2D eigenvalue weighted by atomic mass is 10.1. The number of aryl methyl sites for hydroxylation is 2. The Morgan fingerprint density at radius 3 is 2.52 bits per heavy atom. The van der Waals surface area contributed by atoms with Gasteiger partial charge >= 0.3 is 0 Å². The minimum Gasteiger partial charge on any atom is -0.483 e. The Kier molecular flexibility index (Phi) is 5.57. The molecule has 0 saturated carbocycles. The Balaban J connectivity index is 1.76. The minimum atomic E-state index is -0.471. The highest BCUT2D eigenvalue weighted by Gasteiger charge is 2.07. The smallest absolute Gasteiger partial charge is 0.276 e. The summed E-state index contributed by atoms with van der Waals surface area (Å²) in [6.45, 7) is 3.62. The number of hydrogen-bond donors (Lipinski definition) is 2. The molecular weight excluding hydrogens is 296 g/mol. The van der Waals surface area contributed by atoms with E-state index in [-0.39, 0.29) is 6.61 Å². The molecule has 0 unspecified atom stereocenters. The molecule has 2 rings (SSSR count). The van der Waals surface area contributed by atoms with E-state index in [1.807, 2.05) is 32.0 Å². The van der Waals surface area contributed by atoms with Crippen molar-refractivity contribution in [2.24, 2.45) is 0 Å². The Hall–Kier alpha value is -3.02. The maximum Gasteiger partial charge on any atom is 0.276 e. The van der Waals surface area contributed by atoms with E-state index >= 15 is 0 Å². The second-order valence-corrected chi connectivity index (χ2v) is 4.90.